The number of fused-ring (bicyclic) bond motifs is 1. The molecule has 2 rings (SSSR count). The van der Waals surface area contributed by atoms with Crippen molar-refractivity contribution in [1.82, 2.24) is 9.69 Å². The highest BCUT2D eigenvalue weighted by atomic mass is 32.1. The molecule has 0 aliphatic carbocycles. The molecule has 0 saturated carbocycles. The Bertz CT molecular complexity index is 433. The Hall–Kier alpha value is -1.10. The van der Waals surface area contributed by atoms with Crippen molar-refractivity contribution >= 4 is 22.4 Å². The van der Waals surface area contributed by atoms with Gasteiger partial charge in [-0.05, 0) is 18.0 Å². The van der Waals surface area contributed by atoms with E-state index >= 15 is 0 Å². The third-order valence-electron chi connectivity index (χ3n) is 2.89. The topological polar surface area (TPSA) is 54.0 Å². The number of carbonyl (C=O) groups is 1. The molecule has 0 fully saturated rings. The van der Waals surface area contributed by atoms with E-state index in [0.717, 1.165) is 29.1 Å². The third kappa shape index (κ3) is 2.29. The predicted octanol–water partition coefficient (Wildman–Crippen LogP) is 2.62. The summed E-state index contributed by atoms with van der Waals surface area (Å²) in [5, 5.41) is 7.30. The summed E-state index contributed by atoms with van der Waals surface area (Å²) in [6, 6.07) is 0. The van der Waals surface area contributed by atoms with Gasteiger partial charge in [0.25, 0.3) is 5.91 Å². The van der Waals surface area contributed by atoms with Crippen molar-refractivity contribution in [2.45, 2.75) is 46.7 Å². The number of anilines is 1. The van der Waals surface area contributed by atoms with E-state index in [1.807, 2.05) is 0 Å². The maximum Gasteiger partial charge on any atom is 0.257 e. The smallest absolute Gasteiger partial charge is 0.257 e. The fraction of sp³-hybridized carbons (Fsp3) is 0.667. The quantitative estimate of drug-likeness (QED) is 0.852. The van der Waals surface area contributed by atoms with E-state index in [4.69, 9.17) is 0 Å². The van der Waals surface area contributed by atoms with Gasteiger partial charge in [0.1, 0.15) is 11.2 Å². The number of hydrogen-bond acceptors (Lipinski definition) is 4. The fourth-order valence-electron chi connectivity index (χ4n) is 1.87. The Morgan fingerprint density at radius 1 is 1.35 bits per heavy atom. The second-order valence-electron chi connectivity index (χ2n) is 5.50. The summed E-state index contributed by atoms with van der Waals surface area (Å²) >= 11 is 1.39. The van der Waals surface area contributed by atoms with E-state index in [-0.39, 0.29) is 17.5 Å². The normalized spacial score (nSPS) is 19.5. The molecule has 1 aromatic rings. The molecular formula is C12H19N3OS. The van der Waals surface area contributed by atoms with E-state index in [1.54, 1.807) is 0 Å². The molecule has 0 spiro atoms. The Morgan fingerprint density at radius 2 is 2.06 bits per heavy atom. The Kier molecular flexibility index (Phi) is 3.12. The summed E-state index contributed by atoms with van der Waals surface area (Å²) in [5.41, 5.74) is 1.66. The molecule has 5 heteroatoms. The molecule has 4 nitrogen and oxygen atoms in total. The predicted molar refractivity (Wildman–Crippen MR) is 70.4 cm³/mol. The first-order valence-electron chi connectivity index (χ1n) is 5.99. The van der Waals surface area contributed by atoms with Crippen LogP contribution in [-0.4, -0.2) is 16.4 Å². The van der Waals surface area contributed by atoms with Crippen LogP contribution in [0.4, 0.5) is 5.00 Å². The van der Waals surface area contributed by atoms with Crippen LogP contribution in [0.25, 0.3) is 0 Å². The van der Waals surface area contributed by atoms with Crippen LogP contribution in [0.1, 0.15) is 50.2 Å². The zero-order valence-electron chi connectivity index (χ0n) is 10.8. The summed E-state index contributed by atoms with van der Waals surface area (Å²) in [6.07, 6.45) is 1.84. The Labute approximate surface area is 106 Å². The molecule has 0 radical (unpaired) electrons. The van der Waals surface area contributed by atoms with Crippen molar-refractivity contribution in [2.75, 3.05) is 5.32 Å². The van der Waals surface area contributed by atoms with E-state index in [1.165, 1.54) is 11.5 Å². The van der Waals surface area contributed by atoms with Crippen LogP contribution < -0.4 is 10.6 Å². The third-order valence-corrected chi connectivity index (χ3v) is 3.71. The molecular weight excluding hydrogens is 234 g/mol. The zero-order chi connectivity index (χ0) is 12.6. The van der Waals surface area contributed by atoms with Gasteiger partial charge in [0, 0.05) is 5.41 Å². The Morgan fingerprint density at radius 3 is 2.65 bits per heavy atom. The lowest BCUT2D eigenvalue weighted by Gasteiger charge is -2.35. The van der Waals surface area contributed by atoms with Crippen LogP contribution in [0.15, 0.2) is 0 Å². The van der Waals surface area contributed by atoms with Gasteiger partial charge in [-0.1, -0.05) is 34.1 Å². The van der Waals surface area contributed by atoms with Crippen LogP contribution >= 0.6 is 11.5 Å². The number of carbonyl (C=O) groups excluding carboxylic acids is 1. The number of aryl methyl sites for hydroxylation is 1. The summed E-state index contributed by atoms with van der Waals surface area (Å²) < 4.78 is 4.37. The van der Waals surface area contributed by atoms with Gasteiger partial charge < -0.3 is 10.6 Å². The zero-order valence-corrected chi connectivity index (χ0v) is 11.6. The number of hydrogen-bond donors (Lipinski definition) is 2. The monoisotopic (exact) mass is 253 g/mol. The molecule has 2 heterocycles. The van der Waals surface area contributed by atoms with Gasteiger partial charge >= 0.3 is 0 Å². The molecule has 0 aromatic carbocycles. The average molecular weight is 253 g/mol. The molecule has 1 atom stereocenters. The van der Waals surface area contributed by atoms with Crippen LogP contribution in [0.2, 0.25) is 0 Å². The number of rotatable bonds is 2. The lowest BCUT2D eigenvalue weighted by atomic mass is 9.91. The van der Waals surface area contributed by atoms with E-state index in [2.05, 4.69) is 42.7 Å². The molecule has 1 aliphatic rings. The van der Waals surface area contributed by atoms with E-state index in [9.17, 15) is 4.79 Å². The van der Waals surface area contributed by atoms with E-state index in [0.29, 0.717) is 0 Å². The van der Waals surface area contributed by atoms with Gasteiger partial charge in [0.05, 0.1) is 11.3 Å². The SMILES string of the molecule is CCCc1nsc2c1C(=O)NC(C(C)(C)C)N2. The van der Waals surface area contributed by atoms with Crippen LogP contribution in [0, 0.1) is 5.41 Å². The maximum atomic E-state index is 12.1. The van der Waals surface area contributed by atoms with Crippen molar-refractivity contribution in [3.05, 3.63) is 11.3 Å². The first kappa shape index (κ1) is 12.4. The van der Waals surface area contributed by atoms with Gasteiger partial charge in [-0.15, -0.1) is 0 Å². The molecule has 94 valence electrons. The van der Waals surface area contributed by atoms with Gasteiger partial charge in [-0.2, -0.15) is 4.37 Å². The van der Waals surface area contributed by atoms with Crippen molar-refractivity contribution in [3.8, 4) is 0 Å². The van der Waals surface area contributed by atoms with Crippen molar-refractivity contribution in [3.63, 3.8) is 0 Å². The fourth-order valence-corrected chi connectivity index (χ4v) is 2.72. The number of aromatic nitrogens is 1. The number of nitrogens with one attached hydrogen (secondary N) is 2. The van der Waals surface area contributed by atoms with Crippen LogP contribution in [0.5, 0.6) is 0 Å². The molecule has 1 amide bonds. The summed E-state index contributed by atoms with van der Waals surface area (Å²) in [7, 11) is 0. The first-order valence-corrected chi connectivity index (χ1v) is 6.76. The highest BCUT2D eigenvalue weighted by Crippen LogP contribution is 2.33. The summed E-state index contributed by atoms with van der Waals surface area (Å²) in [4.78, 5) is 12.1. The lowest BCUT2D eigenvalue weighted by Crippen LogP contribution is -2.51. The average Bonchev–Trinajstić information content (AvgIpc) is 2.61. The van der Waals surface area contributed by atoms with Gasteiger partial charge in [0.2, 0.25) is 0 Å². The number of nitrogens with zero attached hydrogens (tertiary/aromatic N) is 1. The minimum absolute atomic E-state index is 0.0101. The molecule has 1 aromatic heterocycles. The molecule has 1 unspecified atom stereocenters. The van der Waals surface area contributed by atoms with Crippen molar-refractivity contribution in [1.29, 1.82) is 0 Å². The molecule has 17 heavy (non-hydrogen) atoms. The summed E-state index contributed by atoms with van der Waals surface area (Å²) in [6.45, 7) is 8.40. The van der Waals surface area contributed by atoms with Crippen molar-refractivity contribution in [2.24, 2.45) is 5.41 Å². The molecule has 0 bridgehead atoms. The minimum Gasteiger partial charge on any atom is -0.355 e. The summed E-state index contributed by atoms with van der Waals surface area (Å²) in [5.74, 6) is 0.0101. The molecule has 2 N–H and O–H groups in total. The highest BCUT2D eigenvalue weighted by molar-refractivity contribution is 7.10. The standard InChI is InChI=1S/C12H19N3OS/c1-5-6-7-8-9(16)13-11(12(2,3)4)14-10(8)17-15-7/h11,14H,5-6H2,1-4H3,(H,13,16). The van der Waals surface area contributed by atoms with E-state index < -0.39 is 0 Å². The van der Waals surface area contributed by atoms with Crippen LogP contribution in [0.3, 0.4) is 0 Å². The second-order valence-corrected chi connectivity index (χ2v) is 6.27. The molecule has 0 saturated heterocycles. The second kappa shape index (κ2) is 4.29. The van der Waals surface area contributed by atoms with Gasteiger partial charge in [-0.3, -0.25) is 4.79 Å². The maximum absolute atomic E-state index is 12.1. The first-order chi connectivity index (χ1) is 7.93. The number of amides is 1. The van der Waals surface area contributed by atoms with Crippen molar-refractivity contribution < 1.29 is 4.79 Å². The lowest BCUT2D eigenvalue weighted by molar-refractivity contribution is 0.0904. The van der Waals surface area contributed by atoms with Gasteiger partial charge in [-0.25, -0.2) is 0 Å². The minimum atomic E-state index is -0.0302. The Balaban J connectivity index is 2.30. The largest absolute Gasteiger partial charge is 0.355 e. The molecule has 1 aliphatic heterocycles. The highest BCUT2D eigenvalue weighted by Gasteiger charge is 2.34. The van der Waals surface area contributed by atoms with Crippen LogP contribution in [-0.2, 0) is 6.42 Å². The van der Waals surface area contributed by atoms with Gasteiger partial charge in [0.15, 0.2) is 0 Å².